The predicted molar refractivity (Wildman–Crippen MR) is 90.1 cm³/mol. The zero-order chi connectivity index (χ0) is 16.1. The Labute approximate surface area is 140 Å². The first kappa shape index (κ1) is 15.8. The lowest BCUT2D eigenvalue weighted by Gasteiger charge is -2.12. The van der Waals surface area contributed by atoms with E-state index in [0.29, 0.717) is 42.3 Å². The summed E-state index contributed by atoms with van der Waals surface area (Å²) in [5, 5.41) is 3.80. The summed E-state index contributed by atoms with van der Waals surface area (Å²) in [6.45, 7) is 2.51. The molecule has 3 rings (SSSR count). The Kier molecular flexibility index (Phi) is 5.15. The van der Waals surface area contributed by atoms with Gasteiger partial charge < -0.3 is 20.5 Å². The standard InChI is InChI=1S/C16H19ClN4O2/c17-12-3-1-2-4-14(12)23-8-6-19-15-9-13(20-16(18)21-15)11-5-7-22-10-11/h1-4,9,11H,5-8,10H2,(H3,18,19,20,21)/t11-/m1/s1. The van der Waals surface area contributed by atoms with E-state index in [2.05, 4.69) is 15.3 Å². The number of nitrogen functional groups attached to an aromatic ring is 1. The van der Waals surface area contributed by atoms with Gasteiger partial charge in [0.2, 0.25) is 5.95 Å². The van der Waals surface area contributed by atoms with E-state index in [1.165, 1.54) is 0 Å². The number of nitrogens with one attached hydrogen (secondary N) is 1. The van der Waals surface area contributed by atoms with Crippen molar-refractivity contribution in [3.8, 4) is 5.75 Å². The molecule has 0 amide bonds. The summed E-state index contributed by atoms with van der Waals surface area (Å²) in [7, 11) is 0. The number of halogens is 1. The smallest absolute Gasteiger partial charge is 0.222 e. The van der Waals surface area contributed by atoms with Crippen molar-refractivity contribution in [2.75, 3.05) is 37.4 Å². The number of benzene rings is 1. The fourth-order valence-electron chi connectivity index (χ4n) is 2.45. The van der Waals surface area contributed by atoms with Crippen LogP contribution in [0.1, 0.15) is 18.0 Å². The summed E-state index contributed by atoms with van der Waals surface area (Å²) < 4.78 is 11.0. The van der Waals surface area contributed by atoms with Crippen molar-refractivity contribution in [1.82, 2.24) is 9.97 Å². The maximum Gasteiger partial charge on any atom is 0.222 e. The van der Waals surface area contributed by atoms with Gasteiger partial charge in [0.1, 0.15) is 18.2 Å². The minimum absolute atomic E-state index is 0.268. The molecule has 1 aromatic carbocycles. The Hall–Kier alpha value is -2.05. The van der Waals surface area contributed by atoms with Crippen molar-refractivity contribution < 1.29 is 9.47 Å². The lowest BCUT2D eigenvalue weighted by atomic mass is 10.0. The average molecular weight is 335 g/mol. The second-order valence-corrected chi connectivity index (χ2v) is 5.71. The zero-order valence-corrected chi connectivity index (χ0v) is 13.4. The Balaban J connectivity index is 1.54. The molecule has 122 valence electrons. The molecule has 3 N–H and O–H groups in total. The van der Waals surface area contributed by atoms with E-state index in [1.807, 2.05) is 24.3 Å². The Morgan fingerprint density at radius 3 is 3.00 bits per heavy atom. The van der Waals surface area contributed by atoms with Gasteiger partial charge in [0.25, 0.3) is 0 Å². The molecule has 2 aromatic rings. The first-order valence-electron chi connectivity index (χ1n) is 7.56. The lowest BCUT2D eigenvalue weighted by Crippen LogP contribution is -2.14. The highest BCUT2D eigenvalue weighted by molar-refractivity contribution is 6.32. The topological polar surface area (TPSA) is 82.3 Å². The molecule has 0 saturated carbocycles. The second-order valence-electron chi connectivity index (χ2n) is 5.30. The van der Waals surface area contributed by atoms with E-state index in [4.69, 9.17) is 26.8 Å². The molecule has 23 heavy (non-hydrogen) atoms. The van der Waals surface area contributed by atoms with Crippen molar-refractivity contribution in [2.24, 2.45) is 0 Å². The molecule has 1 atom stereocenters. The number of rotatable bonds is 6. The molecule has 7 heteroatoms. The van der Waals surface area contributed by atoms with Gasteiger partial charge in [-0.3, -0.25) is 0 Å². The Bertz CT molecular complexity index is 662. The van der Waals surface area contributed by atoms with Crippen LogP contribution in [0.2, 0.25) is 5.02 Å². The van der Waals surface area contributed by atoms with Gasteiger partial charge in [-0.05, 0) is 18.6 Å². The third-order valence-electron chi connectivity index (χ3n) is 3.61. The van der Waals surface area contributed by atoms with E-state index in [1.54, 1.807) is 6.07 Å². The summed E-state index contributed by atoms with van der Waals surface area (Å²) in [5.41, 5.74) is 6.71. The van der Waals surface area contributed by atoms with Gasteiger partial charge in [0.05, 0.1) is 23.9 Å². The van der Waals surface area contributed by atoms with Crippen LogP contribution in [-0.4, -0.2) is 36.3 Å². The minimum atomic E-state index is 0.268. The van der Waals surface area contributed by atoms with Crippen molar-refractivity contribution in [1.29, 1.82) is 0 Å². The highest BCUT2D eigenvalue weighted by Crippen LogP contribution is 2.25. The van der Waals surface area contributed by atoms with Crippen LogP contribution >= 0.6 is 11.6 Å². The van der Waals surface area contributed by atoms with Gasteiger partial charge in [-0.15, -0.1) is 0 Å². The van der Waals surface area contributed by atoms with Crippen LogP contribution in [0.4, 0.5) is 11.8 Å². The lowest BCUT2D eigenvalue weighted by molar-refractivity contribution is 0.193. The molecule has 6 nitrogen and oxygen atoms in total. The molecule has 1 saturated heterocycles. The molecule has 0 radical (unpaired) electrons. The van der Waals surface area contributed by atoms with Gasteiger partial charge in [-0.1, -0.05) is 23.7 Å². The van der Waals surface area contributed by atoms with Gasteiger partial charge >= 0.3 is 0 Å². The molecule has 0 bridgehead atoms. The number of anilines is 2. The fraction of sp³-hybridized carbons (Fsp3) is 0.375. The molecule has 2 heterocycles. The number of hydrogen-bond acceptors (Lipinski definition) is 6. The number of aromatic nitrogens is 2. The second kappa shape index (κ2) is 7.48. The predicted octanol–water partition coefficient (Wildman–Crippen LogP) is 2.71. The van der Waals surface area contributed by atoms with E-state index in [-0.39, 0.29) is 5.95 Å². The third-order valence-corrected chi connectivity index (χ3v) is 3.93. The highest BCUT2D eigenvalue weighted by atomic mass is 35.5. The molecule has 1 aliphatic heterocycles. The van der Waals surface area contributed by atoms with Crippen LogP contribution in [-0.2, 0) is 4.74 Å². The third kappa shape index (κ3) is 4.24. The van der Waals surface area contributed by atoms with E-state index >= 15 is 0 Å². The monoisotopic (exact) mass is 334 g/mol. The van der Waals surface area contributed by atoms with E-state index in [9.17, 15) is 0 Å². The molecule has 1 aromatic heterocycles. The van der Waals surface area contributed by atoms with Crippen molar-refractivity contribution >= 4 is 23.4 Å². The zero-order valence-electron chi connectivity index (χ0n) is 12.7. The molecule has 0 aliphatic carbocycles. The molecule has 1 aliphatic rings. The summed E-state index contributed by atoms with van der Waals surface area (Å²) in [6, 6.07) is 9.31. The van der Waals surface area contributed by atoms with E-state index in [0.717, 1.165) is 18.7 Å². The average Bonchev–Trinajstić information content (AvgIpc) is 3.07. The molecule has 1 fully saturated rings. The van der Waals surface area contributed by atoms with Gasteiger partial charge in [-0.25, -0.2) is 4.98 Å². The Morgan fingerprint density at radius 1 is 1.35 bits per heavy atom. The van der Waals surface area contributed by atoms with E-state index < -0.39 is 0 Å². The van der Waals surface area contributed by atoms with Crippen molar-refractivity contribution in [3.63, 3.8) is 0 Å². The number of nitrogens with two attached hydrogens (primary N) is 1. The van der Waals surface area contributed by atoms with Crippen LogP contribution < -0.4 is 15.8 Å². The van der Waals surface area contributed by atoms with Crippen molar-refractivity contribution in [2.45, 2.75) is 12.3 Å². The van der Waals surface area contributed by atoms with Crippen LogP contribution in [0, 0.1) is 0 Å². The van der Waals surface area contributed by atoms with Gasteiger partial charge in [0.15, 0.2) is 0 Å². The maximum atomic E-state index is 6.04. The first-order valence-corrected chi connectivity index (χ1v) is 7.93. The molecule has 0 spiro atoms. The van der Waals surface area contributed by atoms with Crippen LogP contribution in [0.3, 0.4) is 0 Å². The largest absolute Gasteiger partial charge is 0.490 e. The fourth-order valence-corrected chi connectivity index (χ4v) is 2.64. The van der Waals surface area contributed by atoms with Gasteiger partial charge in [-0.2, -0.15) is 4.98 Å². The SMILES string of the molecule is Nc1nc(NCCOc2ccccc2Cl)cc([C@@H]2CCOC2)n1. The van der Waals surface area contributed by atoms with Crippen LogP contribution in [0.15, 0.2) is 30.3 Å². The summed E-state index contributed by atoms with van der Waals surface area (Å²) in [4.78, 5) is 8.50. The maximum absolute atomic E-state index is 6.04. The van der Waals surface area contributed by atoms with Crippen LogP contribution in [0.5, 0.6) is 5.75 Å². The number of ether oxygens (including phenoxy) is 2. The molecular weight excluding hydrogens is 316 g/mol. The summed E-state index contributed by atoms with van der Waals surface area (Å²) >= 11 is 6.04. The number of nitrogens with zero attached hydrogens (tertiary/aromatic N) is 2. The molecule has 0 unspecified atom stereocenters. The number of hydrogen-bond donors (Lipinski definition) is 2. The summed E-state index contributed by atoms with van der Waals surface area (Å²) in [5.74, 6) is 1.92. The van der Waals surface area contributed by atoms with Crippen LogP contribution in [0.25, 0.3) is 0 Å². The number of para-hydroxylation sites is 1. The molecular formula is C16H19ClN4O2. The summed E-state index contributed by atoms with van der Waals surface area (Å²) in [6.07, 6.45) is 0.964. The normalized spacial score (nSPS) is 17.2. The Morgan fingerprint density at radius 2 is 2.22 bits per heavy atom. The highest BCUT2D eigenvalue weighted by Gasteiger charge is 2.20. The first-order chi connectivity index (χ1) is 11.2. The minimum Gasteiger partial charge on any atom is -0.490 e. The van der Waals surface area contributed by atoms with Crippen molar-refractivity contribution in [3.05, 3.63) is 41.0 Å². The van der Waals surface area contributed by atoms with Gasteiger partial charge in [0, 0.05) is 18.6 Å². The quantitative estimate of drug-likeness (QED) is 0.790.